The van der Waals surface area contributed by atoms with Crippen LogP contribution in [0.25, 0.3) is 0 Å². The highest BCUT2D eigenvalue weighted by molar-refractivity contribution is 7.08. The molecule has 1 aliphatic rings. The van der Waals surface area contributed by atoms with Gasteiger partial charge < -0.3 is 15.0 Å². The van der Waals surface area contributed by atoms with Gasteiger partial charge in [-0.2, -0.15) is 0 Å². The smallest absolute Gasteiger partial charge is 0.258 e. The summed E-state index contributed by atoms with van der Waals surface area (Å²) in [6.45, 7) is 6.53. The van der Waals surface area contributed by atoms with Gasteiger partial charge in [-0.05, 0) is 32.2 Å². The van der Waals surface area contributed by atoms with Gasteiger partial charge in [-0.15, -0.1) is 11.3 Å². The summed E-state index contributed by atoms with van der Waals surface area (Å²) in [4.78, 5) is 25.5. The third kappa shape index (κ3) is 3.72. The van der Waals surface area contributed by atoms with Gasteiger partial charge in [0.15, 0.2) is 6.61 Å². The number of carbonyl (C=O) groups excluding carboxylic acids is 2. The molecule has 20 heavy (non-hydrogen) atoms. The second-order valence-electron chi connectivity index (χ2n) is 5.89. The van der Waals surface area contributed by atoms with E-state index in [1.165, 1.54) is 11.3 Å². The molecule has 6 heteroatoms. The maximum atomic E-state index is 11.9. The first-order valence-electron chi connectivity index (χ1n) is 6.61. The summed E-state index contributed by atoms with van der Waals surface area (Å²) in [5, 5.41) is 6.58. The second kappa shape index (κ2) is 5.83. The number of ether oxygens (including phenoxy) is 1. The molecule has 0 aromatic carbocycles. The van der Waals surface area contributed by atoms with Crippen molar-refractivity contribution in [3.63, 3.8) is 0 Å². The first-order valence-corrected chi connectivity index (χ1v) is 7.55. The summed E-state index contributed by atoms with van der Waals surface area (Å²) >= 11 is 1.52. The maximum Gasteiger partial charge on any atom is 0.258 e. The van der Waals surface area contributed by atoms with E-state index in [1.807, 2.05) is 37.6 Å². The minimum Gasteiger partial charge on any atom is -0.483 e. The number of rotatable bonds is 4. The van der Waals surface area contributed by atoms with Gasteiger partial charge in [0, 0.05) is 23.9 Å². The Morgan fingerprint density at radius 2 is 2.30 bits per heavy atom. The molecule has 0 unspecified atom stereocenters. The Labute approximate surface area is 122 Å². The van der Waals surface area contributed by atoms with Gasteiger partial charge in [-0.25, -0.2) is 0 Å². The fraction of sp³-hybridized carbons (Fsp3) is 0.571. The van der Waals surface area contributed by atoms with Crippen molar-refractivity contribution in [2.45, 2.75) is 38.8 Å². The predicted octanol–water partition coefficient (Wildman–Crippen LogP) is 1.64. The van der Waals surface area contributed by atoms with Crippen molar-refractivity contribution in [3.8, 4) is 5.75 Å². The zero-order valence-electron chi connectivity index (χ0n) is 12.0. The largest absolute Gasteiger partial charge is 0.483 e. The van der Waals surface area contributed by atoms with Crippen molar-refractivity contribution >= 4 is 23.2 Å². The van der Waals surface area contributed by atoms with Crippen LogP contribution in [0.2, 0.25) is 0 Å². The molecule has 0 bridgehead atoms. The minimum atomic E-state index is -0.205. The first-order chi connectivity index (χ1) is 9.36. The lowest BCUT2D eigenvalue weighted by molar-refractivity contribution is -0.131. The zero-order valence-corrected chi connectivity index (χ0v) is 12.8. The molecule has 110 valence electrons. The van der Waals surface area contributed by atoms with E-state index >= 15 is 0 Å². The van der Waals surface area contributed by atoms with Crippen LogP contribution in [0.3, 0.4) is 0 Å². The second-order valence-corrected chi connectivity index (χ2v) is 6.67. The van der Waals surface area contributed by atoms with Crippen LogP contribution in [0.15, 0.2) is 16.8 Å². The van der Waals surface area contributed by atoms with Crippen LogP contribution in [-0.2, 0) is 9.59 Å². The van der Waals surface area contributed by atoms with E-state index in [2.05, 4.69) is 5.32 Å². The predicted molar refractivity (Wildman–Crippen MR) is 77.8 cm³/mol. The monoisotopic (exact) mass is 296 g/mol. The van der Waals surface area contributed by atoms with E-state index in [1.54, 1.807) is 4.90 Å². The highest BCUT2D eigenvalue weighted by Crippen LogP contribution is 2.21. The van der Waals surface area contributed by atoms with Crippen molar-refractivity contribution in [2.24, 2.45) is 0 Å². The normalized spacial score (nSPS) is 19.2. The van der Waals surface area contributed by atoms with Gasteiger partial charge in [-0.3, -0.25) is 9.59 Å². The minimum absolute atomic E-state index is 0.0169. The van der Waals surface area contributed by atoms with E-state index < -0.39 is 0 Å². The van der Waals surface area contributed by atoms with Crippen molar-refractivity contribution in [1.29, 1.82) is 0 Å². The highest BCUT2D eigenvalue weighted by Gasteiger charge is 2.36. The van der Waals surface area contributed by atoms with Gasteiger partial charge in [0.05, 0.1) is 6.04 Å². The molecule has 0 aliphatic carbocycles. The fourth-order valence-corrected chi connectivity index (χ4v) is 2.78. The Kier molecular flexibility index (Phi) is 4.32. The topological polar surface area (TPSA) is 58.6 Å². The lowest BCUT2D eigenvalue weighted by Crippen LogP contribution is -2.45. The van der Waals surface area contributed by atoms with Gasteiger partial charge in [-0.1, -0.05) is 0 Å². The number of amides is 2. The van der Waals surface area contributed by atoms with Crippen LogP contribution in [-0.4, -0.2) is 41.4 Å². The summed E-state index contributed by atoms with van der Waals surface area (Å²) < 4.78 is 5.34. The number of hydrogen-bond donors (Lipinski definition) is 1. The average Bonchev–Trinajstić information content (AvgIpc) is 2.95. The molecule has 2 heterocycles. The Hall–Kier alpha value is -1.56. The van der Waals surface area contributed by atoms with Crippen LogP contribution in [0, 0.1) is 0 Å². The fourth-order valence-electron chi connectivity index (χ4n) is 2.20. The third-order valence-electron chi connectivity index (χ3n) is 3.16. The van der Waals surface area contributed by atoms with Crippen LogP contribution in [0.4, 0.5) is 0 Å². The Morgan fingerprint density at radius 1 is 1.55 bits per heavy atom. The van der Waals surface area contributed by atoms with Gasteiger partial charge >= 0.3 is 0 Å². The van der Waals surface area contributed by atoms with E-state index in [0.29, 0.717) is 18.7 Å². The molecule has 1 aromatic heterocycles. The number of nitrogens with zero attached hydrogens (tertiary/aromatic N) is 1. The first kappa shape index (κ1) is 14.8. The molecule has 2 rings (SSSR count). The Balaban J connectivity index is 1.79. The third-order valence-corrected chi connectivity index (χ3v) is 3.83. The zero-order chi connectivity index (χ0) is 14.8. The summed E-state index contributed by atoms with van der Waals surface area (Å²) in [7, 11) is 0. The SMILES string of the molecule is CC(C)(C)N1C[C@@H](NC(=O)COc2ccsc2)CC1=O. The molecule has 1 atom stereocenters. The molecule has 1 fully saturated rings. The summed E-state index contributed by atoms with van der Waals surface area (Å²) in [5.41, 5.74) is -0.205. The molecule has 1 N–H and O–H groups in total. The molecular formula is C14H20N2O3S. The quantitative estimate of drug-likeness (QED) is 0.919. The molecule has 2 amide bonds. The number of hydrogen-bond acceptors (Lipinski definition) is 4. The standard InChI is InChI=1S/C14H20N2O3S/c1-14(2,3)16-7-10(6-13(16)18)15-12(17)8-19-11-4-5-20-9-11/h4-5,9-10H,6-8H2,1-3H3,(H,15,17)/t10-/m0/s1. The molecular weight excluding hydrogens is 276 g/mol. The van der Waals surface area contributed by atoms with Crippen LogP contribution in [0.5, 0.6) is 5.75 Å². The molecule has 0 spiro atoms. The lowest BCUT2D eigenvalue weighted by Gasteiger charge is -2.32. The average molecular weight is 296 g/mol. The van der Waals surface area contributed by atoms with Crippen molar-refractivity contribution in [3.05, 3.63) is 16.8 Å². The van der Waals surface area contributed by atoms with E-state index in [4.69, 9.17) is 4.74 Å². The lowest BCUT2D eigenvalue weighted by atomic mass is 10.1. The van der Waals surface area contributed by atoms with E-state index in [9.17, 15) is 9.59 Å². The van der Waals surface area contributed by atoms with Crippen LogP contribution < -0.4 is 10.1 Å². The number of carbonyl (C=O) groups is 2. The maximum absolute atomic E-state index is 11.9. The van der Waals surface area contributed by atoms with Gasteiger partial charge in [0.2, 0.25) is 5.91 Å². The Morgan fingerprint density at radius 3 is 2.85 bits per heavy atom. The molecule has 5 nitrogen and oxygen atoms in total. The molecule has 0 radical (unpaired) electrons. The van der Waals surface area contributed by atoms with Crippen molar-refractivity contribution in [1.82, 2.24) is 10.2 Å². The van der Waals surface area contributed by atoms with E-state index in [0.717, 1.165) is 0 Å². The Bertz CT molecular complexity index is 479. The molecule has 1 saturated heterocycles. The van der Waals surface area contributed by atoms with Crippen LogP contribution in [0.1, 0.15) is 27.2 Å². The van der Waals surface area contributed by atoms with Crippen LogP contribution >= 0.6 is 11.3 Å². The highest BCUT2D eigenvalue weighted by atomic mass is 32.1. The summed E-state index contributed by atoms with van der Waals surface area (Å²) in [6, 6.07) is 1.69. The van der Waals surface area contributed by atoms with Gasteiger partial charge in [0.25, 0.3) is 5.91 Å². The van der Waals surface area contributed by atoms with E-state index in [-0.39, 0.29) is 30.0 Å². The van der Waals surface area contributed by atoms with Gasteiger partial charge in [0.1, 0.15) is 5.75 Å². The summed E-state index contributed by atoms with van der Waals surface area (Å²) in [5.74, 6) is 0.593. The number of likely N-dealkylation sites (tertiary alicyclic amines) is 1. The van der Waals surface area contributed by atoms with Crippen molar-refractivity contribution < 1.29 is 14.3 Å². The number of nitrogens with one attached hydrogen (secondary N) is 1. The summed E-state index contributed by atoms with van der Waals surface area (Å²) in [6.07, 6.45) is 0.363. The molecule has 0 saturated carbocycles. The molecule has 1 aromatic rings. The molecule has 1 aliphatic heterocycles. The van der Waals surface area contributed by atoms with Crippen molar-refractivity contribution in [2.75, 3.05) is 13.2 Å². The number of thiophene rings is 1.